The molecule has 0 saturated heterocycles. The number of ketones is 1. The first kappa shape index (κ1) is 18.1. The number of rotatable bonds is 12. The van der Waals surface area contributed by atoms with Gasteiger partial charge in [-0.25, -0.2) is 0 Å². The number of aliphatic carboxylic acids is 2. The van der Waals surface area contributed by atoms with Crippen molar-refractivity contribution >= 4 is 23.7 Å². The highest BCUT2D eigenvalue weighted by Gasteiger charge is 2.07. The number of hydrogen-bond donors (Lipinski definition) is 2. The molecular formula is C13H20O7. The lowest BCUT2D eigenvalue weighted by molar-refractivity contribution is -0.147. The minimum atomic E-state index is -1.04. The summed E-state index contributed by atoms with van der Waals surface area (Å²) in [4.78, 5) is 42.7. The van der Waals surface area contributed by atoms with Crippen LogP contribution >= 0.6 is 0 Å². The van der Waals surface area contributed by atoms with Gasteiger partial charge in [0.05, 0.1) is 25.9 Å². The molecule has 0 bridgehead atoms. The fraction of sp³-hybridized carbons (Fsp3) is 0.692. The zero-order chi connectivity index (χ0) is 15.4. The second-order valence-electron chi connectivity index (χ2n) is 4.36. The molecule has 114 valence electrons. The van der Waals surface area contributed by atoms with Gasteiger partial charge in [0.1, 0.15) is 5.78 Å². The van der Waals surface area contributed by atoms with Gasteiger partial charge in [-0.2, -0.15) is 0 Å². The van der Waals surface area contributed by atoms with Crippen LogP contribution in [0.15, 0.2) is 0 Å². The lowest BCUT2D eigenvalue weighted by Crippen LogP contribution is -2.08. The Labute approximate surface area is 116 Å². The van der Waals surface area contributed by atoms with E-state index in [1.807, 2.05) is 0 Å². The summed E-state index contributed by atoms with van der Waals surface area (Å²) in [6.07, 6.45) is 1.81. The second kappa shape index (κ2) is 11.0. The van der Waals surface area contributed by atoms with Crippen molar-refractivity contribution in [3.05, 3.63) is 0 Å². The summed E-state index contributed by atoms with van der Waals surface area (Å²) in [5, 5.41) is 16.8. The van der Waals surface area contributed by atoms with E-state index in [0.29, 0.717) is 25.7 Å². The van der Waals surface area contributed by atoms with Crippen molar-refractivity contribution in [1.82, 2.24) is 0 Å². The van der Waals surface area contributed by atoms with Gasteiger partial charge in [-0.05, 0) is 19.3 Å². The maximum atomic E-state index is 11.2. The lowest BCUT2D eigenvalue weighted by atomic mass is 10.1. The van der Waals surface area contributed by atoms with E-state index in [9.17, 15) is 19.2 Å². The minimum Gasteiger partial charge on any atom is -0.481 e. The Morgan fingerprint density at radius 3 is 1.90 bits per heavy atom. The average Bonchev–Trinajstić information content (AvgIpc) is 2.37. The average molecular weight is 288 g/mol. The summed E-state index contributed by atoms with van der Waals surface area (Å²) < 4.78 is 4.81. The molecule has 20 heavy (non-hydrogen) atoms. The Hall–Kier alpha value is -1.92. The monoisotopic (exact) mass is 288 g/mol. The molecule has 0 aliphatic rings. The summed E-state index contributed by atoms with van der Waals surface area (Å²) in [7, 11) is 0. The SMILES string of the molecule is O=C(O)CCC(=O)CCCCCOC(=O)CCC(=O)O. The Bertz CT molecular complexity index is 315. The van der Waals surface area contributed by atoms with Crippen LogP contribution in [-0.2, 0) is 23.9 Å². The summed E-state index contributed by atoms with van der Waals surface area (Å²) in [5.41, 5.74) is 0. The van der Waals surface area contributed by atoms with Crippen LogP contribution in [-0.4, -0.2) is 40.5 Å². The highest BCUT2D eigenvalue weighted by atomic mass is 16.5. The van der Waals surface area contributed by atoms with E-state index in [1.165, 1.54) is 0 Å². The van der Waals surface area contributed by atoms with Crippen molar-refractivity contribution in [3.63, 3.8) is 0 Å². The summed E-state index contributed by atoms with van der Waals surface area (Å²) in [6.45, 7) is 0.210. The number of hydrogen-bond acceptors (Lipinski definition) is 5. The number of carboxylic acid groups (broad SMARTS) is 2. The van der Waals surface area contributed by atoms with E-state index in [1.54, 1.807) is 0 Å². The van der Waals surface area contributed by atoms with Crippen LogP contribution in [0.1, 0.15) is 51.4 Å². The third kappa shape index (κ3) is 12.5. The number of Topliss-reactive ketones (excluding diaryl/α,β-unsaturated/α-hetero) is 1. The Morgan fingerprint density at radius 1 is 0.700 bits per heavy atom. The Morgan fingerprint density at radius 2 is 1.30 bits per heavy atom. The first-order chi connectivity index (χ1) is 9.41. The molecule has 0 heterocycles. The van der Waals surface area contributed by atoms with Gasteiger partial charge in [0.25, 0.3) is 0 Å². The van der Waals surface area contributed by atoms with E-state index < -0.39 is 17.9 Å². The largest absolute Gasteiger partial charge is 0.481 e. The zero-order valence-corrected chi connectivity index (χ0v) is 11.3. The predicted octanol–water partition coefficient (Wildman–Crippen LogP) is 1.39. The van der Waals surface area contributed by atoms with E-state index >= 15 is 0 Å². The highest BCUT2D eigenvalue weighted by Crippen LogP contribution is 2.05. The van der Waals surface area contributed by atoms with Crippen molar-refractivity contribution in [1.29, 1.82) is 0 Å². The van der Waals surface area contributed by atoms with Crippen LogP contribution in [0.2, 0.25) is 0 Å². The number of carbonyl (C=O) groups excluding carboxylic acids is 2. The van der Waals surface area contributed by atoms with Crippen LogP contribution in [0.4, 0.5) is 0 Å². The fourth-order valence-electron chi connectivity index (χ4n) is 1.44. The van der Waals surface area contributed by atoms with Crippen molar-refractivity contribution in [3.8, 4) is 0 Å². The molecule has 0 rings (SSSR count). The summed E-state index contributed by atoms with van der Waals surface area (Å²) in [6, 6.07) is 0. The smallest absolute Gasteiger partial charge is 0.306 e. The van der Waals surface area contributed by atoms with Crippen molar-refractivity contribution in [2.75, 3.05) is 6.61 Å². The van der Waals surface area contributed by atoms with Crippen LogP contribution in [0.25, 0.3) is 0 Å². The second-order valence-corrected chi connectivity index (χ2v) is 4.36. The molecule has 2 N–H and O–H groups in total. The van der Waals surface area contributed by atoms with E-state index in [-0.39, 0.29) is 38.1 Å². The third-order valence-corrected chi connectivity index (χ3v) is 2.52. The van der Waals surface area contributed by atoms with Gasteiger partial charge in [0, 0.05) is 12.8 Å². The van der Waals surface area contributed by atoms with Gasteiger partial charge in [0.15, 0.2) is 0 Å². The quantitative estimate of drug-likeness (QED) is 0.411. The molecule has 0 aliphatic heterocycles. The van der Waals surface area contributed by atoms with Crippen LogP contribution in [0, 0.1) is 0 Å². The number of carboxylic acids is 2. The first-order valence-corrected chi connectivity index (χ1v) is 6.52. The van der Waals surface area contributed by atoms with Crippen LogP contribution < -0.4 is 0 Å². The standard InChI is InChI=1S/C13H20O7/c14-10(5-6-11(15)16)4-2-1-3-9-20-13(19)8-7-12(17)18/h1-9H2,(H,15,16)(H,17,18). The maximum Gasteiger partial charge on any atom is 0.306 e. The molecule has 0 amide bonds. The number of unbranched alkanes of at least 4 members (excludes halogenated alkanes) is 2. The normalized spacial score (nSPS) is 10.0. The van der Waals surface area contributed by atoms with Gasteiger partial charge >= 0.3 is 17.9 Å². The van der Waals surface area contributed by atoms with Gasteiger partial charge in [0.2, 0.25) is 0 Å². The highest BCUT2D eigenvalue weighted by molar-refractivity contribution is 5.82. The van der Waals surface area contributed by atoms with Crippen molar-refractivity contribution in [2.24, 2.45) is 0 Å². The molecule has 0 unspecified atom stereocenters. The third-order valence-electron chi connectivity index (χ3n) is 2.52. The van der Waals surface area contributed by atoms with E-state index in [2.05, 4.69) is 0 Å². The first-order valence-electron chi connectivity index (χ1n) is 6.52. The van der Waals surface area contributed by atoms with Crippen LogP contribution in [0.5, 0.6) is 0 Å². The van der Waals surface area contributed by atoms with Crippen molar-refractivity contribution in [2.45, 2.75) is 51.4 Å². The number of esters is 1. The molecule has 0 saturated carbocycles. The molecule has 0 atom stereocenters. The molecule has 0 aliphatic carbocycles. The molecule has 0 aromatic rings. The molecular weight excluding hydrogens is 268 g/mol. The van der Waals surface area contributed by atoms with Gasteiger partial charge in [-0.15, -0.1) is 0 Å². The summed E-state index contributed by atoms with van der Waals surface area (Å²) >= 11 is 0. The van der Waals surface area contributed by atoms with Gasteiger partial charge in [-0.1, -0.05) is 0 Å². The van der Waals surface area contributed by atoms with Crippen molar-refractivity contribution < 1.29 is 34.1 Å². The number of carbonyl (C=O) groups is 4. The molecule has 0 spiro atoms. The van der Waals surface area contributed by atoms with E-state index in [4.69, 9.17) is 14.9 Å². The van der Waals surface area contributed by atoms with E-state index in [0.717, 1.165) is 0 Å². The Kier molecular flexibility index (Phi) is 9.90. The fourth-order valence-corrected chi connectivity index (χ4v) is 1.44. The molecule has 0 fully saturated rings. The van der Waals surface area contributed by atoms with Gasteiger partial charge in [-0.3, -0.25) is 19.2 Å². The van der Waals surface area contributed by atoms with Crippen LogP contribution in [0.3, 0.4) is 0 Å². The molecule has 0 aromatic carbocycles. The minimum absolute atomic E-state index is 0.0551. The molecule has 0 radical (unpaired) electrons. The predicted molar refractivity (Wildman–Crippen MR) is 68.2 cm³/mol. The topological polar surface area (TPSA) is 118 Å². The molecule has 7 nitrogen and oxygen atoms in total. The lowest BCUT2D eigenvalue weighted by Gasteiger charge is -2.03. The zero-order valence-electron chi connectivity index (χ0n) is 11.3. The molecule has 7 heteroatoms. The van der Waals surface area contributed by atoms with Gasteiger partial charge < -0.3 is 14.9 Å². The summed E-state index contributed by atoms with van der Waals surface area (Å²) in [5.74, 6) is -2.63. The number of ether oxygens (including phenoxy) is 1. The Balaban J connectivity index is 3.39. The molecule has 0 aromatic heterocycles. The maximum absolute atomic E-state index is 11.2.